The minimum Gasteiger partial charge on any atom is -0.493 e. The third kappa shape index (κ3) is 3.61. The number of aromatic hydroxyl groups is 1. The second kappa shape index (κ2) is 7.67. The SMILES string of the molecule is CCCn1nc(N=Nc2c(O)n(C(C)C)c(=O)n(C(C)C)c2=O)cc1C. The van der Waals surface area contributed by atoms with Crippen molar-refractivity contribution in [1.29, 1.82) is 0 Å². The van der Waals surface area contributed by atoms with E-state index < -0.39 is 17.1 Å². The van der Waals surface area contributed by atoms with E-state index in [1.54, 1.807) is 38.4 Å². The van der Waals surface area contributed by atoms with Crippen molar-refractivity contribution < 1.29 is 5.11 Å². The Morgan fingerprint density at radius 1 is 1.12 bits per heavy atom. The number of hydrogen-bond acceptors (Lipinski definition) is 6. The molecule has 0 amide bonds. The van der Waals surface area contributed by atoms with Crippen LogP contribution in [0.1, 0.15) is 58.8 Å². The molecule has 142 valence electrons. The summed E-state index contributed by atoms with van der Waals surface area (Å²) < 4.78 is 4.00. The number of aryl methyl sites for hydroxylation is 2. The van der Waals surface area contributed by atoms with E-state index >= 15 is 0 Å². The van der Waals surface area contributed by atoms with Crippen LogP contribution < -0.4 is 11.2 Å². The highest BCUT2D eigenvalue weighted by molar-refractivity contribution is 5.45. The van der Waals surface area contributed by atoms with E-state index in [-0.39, 0.29) is 17.8 Å². The first kappa shape index (κ1) is 19.6. The molecule has 0 aromatic carbocycles. The Balaban J connectivity index is 2.61. The van der Waals surface area contributed by atoms with Gasteiger partial charge in [0.05, 0.1) is 0 Å². The number of aromatic nitrogens is 4. The van der Waals surface area contributed by atoms with Crippen LogP contribution in [0.5, 0.6) is 5.88 Å². The van der Waals surface area contributed by atoms with Gasteiger partial charge in [-0.25, -0.2) is 4.79 Å². The summed E-state index contributed by atoms with van der Waals surface area (Å²) in [6.07, 6.45) is 0.929. The molecule has 2 aromatic rings. The maximum Gasteiger partial charge on any atom is 0.334 e. The highest BCUT2D eigenvalue weighted by Gasteiger charge is 2.22. The molecule has 0 unspecified atom stereocenters. The summed E-state index contributed by atoms with van der Waals surface area (Å²) in [4.78, 5) is 25.2. The predicted octanol–water partition coefficient (Wildman–Crippen LogP) is 3.21. The second-order valence-corrected chi connectivity index (χ2v) is 6.75. The maximum absolute atomic E-state index is 12.6. The Labute approximate surface area is 151 Å². The minimum absolute atomic E-state index is 0.269. The largest absolute Gasteiger partial charge is 0.493 e. The lowest BCUT2D eigenvalue weighted by atomic mass is 10.3. The van der Waals surface area contributed by atoms with Gasteiger partial charge in [-0.3, -0.25) is 18.6 Å². The van der Waals surface area contributed by atoms with Crippen LogP contribution in [-0.2, 0) is 6.54 Å². The van der Waals surface area contributed by atoms with Crippen molar-refractivity contribution >= 4 is 11.5 Å². The normalized spacial score (nSPS) is 12.0. The molecule has 0 atom stereocenters. The van der Waals surface area contributed by atoms with E-state index in [0.29, 0.717) is 5.82 Å². The van der Waals surface area contributed by atoms with Gasteiger partial charge in [-0.05, 0) is 41.0 Å². The zero-order valence-corrected chi connectivity index (χ0v) is 16.1. The second-order valence-electron chi connectivity index (χ2n) is 6.75. The van der Waals surface area contributed by atoms with Crippen molar-refractivity contribution in [2.45, 2.75) is 66.6 Å². The fourth-order valence-corrected chi connectivity index (χ4v) is 2.71. The molecule has 0 saturated heterocycles. The molecule has 0 fully saturated rings. The van der Waals surface area contributed by atoms with Crippen LogP contribution in [0.25, 0.3) is 0 Å². The van der Waals surface area contributed by atoms with Crippen molar-refractivity contribution in [1.82, 2.24) is 18.9 Å². The smallest absolute Gasteiger partial charge is 0.334 e. The van der Waals surface area contributed by atoms with Crippen LogP contribution in [0, 0.1) is 6.92 Å². The van der Waals surface area contributed by atoms with Crippen LogP contribution in [0.3, 0.4) is 0 Å². The third-order valence-electron chi connectivity index (χ3n) is 3.96. The summed E-state index contributed by atoms with van der Waals surface area (Å²) in [5.74, 6) is -0.145. The van der Waals surface area contributed by atoms with Crippen molar-refractivity contribution in [2.24, 2.45) is 10.2 Å². The summed E-state index contributed by atoms with van der Waals surface area (Å²) in [5, 5.41) is 22.6. The van der Waals surface area contributed by atoms with Crippen LogP contribution in [0.4, 0.5) is 11.5 Å². The van der Waals surface area contributed by atoms with E-state index in [0.717, 1.165) is 27.8 Å². The van der Waals surface area contributed by atoms with Crippen LogP contribution in [-0.4, -0.2) is 24.0 Å². The van der Waals surface area contributed by atoms with Gasteiger partial charge in [0.25, 0.3) is 5.56 Å². The highest BCUT2D eigenvalue weighted by Crippen LogP contribution is 2.25. The summed E-state index contributed by atoms with van der Waals surface area (Å²) >= 11 is 0. The fourth-order valence-electron chi connectivity index (χ4n) is 2.71. The first-order chi connectivity index (χ1) is 12.2. The van der Waals surface area contributed by atoms with Gasteiger partial charge >= 0.3 is 5.69 Å². The molecule has 26 heavy (non-hydrogen) atoms. The van der Waals surface area contributed by atoms with E-state index in [9.17, 15) is 14.7 Å². The van der Waals surface area contributed by atoms with E-state index in [4.69, 9.17) is 0 Å². The molecular weight excluding hydrogens is 336 g/mol. The molecule has 0 spiro atoms. The molecule has 0 aliphatic rings. The molecule has 2 rings (SSSR count). The molecule has 0 aliphatic carbocycles. The van der Waals surface area contributed by atoms with Crippen LogP contribution >= 0.6 is 0 Å². The Bertz CT molecular complexity index is 933. The first-order valence-corrected chi connectivity index (χ1v) is 8.75. The predicted molar refractivity (Wildman–Crippen MR) is 98.8 cm³/mol. The summed E-state index contributed by atoms with van der Waals surface area (Å²) in [5.41, 5.74) is -0.584. The Hall–Kier alpha value is -2.71. The Kier molecular flexibility index (Phi) is 5.79. The Morgan fingerprint density at radius 2 is 1.73 bits per heavy atom. The summed E-state index contributed by atoms with van der Waals surface area (Å²) in [6, 6.07) is 1.03. The molecule has 9 heteroatoms. The third-order valence-corrected chi connectivity index (χ3v) is 3.96. The number of azo groups is 1. The van der Waals surface area contributed by atoms with E-state index in [1.807, 2.05) is 13.8 Å². The molecule has 2 aromatic heterocycles. The standard InChI is InChI=1S/C17H26N6O3/c1-7-8-21-12(6)9-13(20-21)18-19-14-15(24)22(10(2)3)17(26)23(11(4)5)16(14)25/h9-11,24H,7-8H2,1-6H3. The summed E-state index contributed by atoms with van der Waals surface area (Å²) in [6.45, 7) is 11.6. The molecule has 9 nitrogen and oxygen atoms in total. The number of nitrogens with zero attached hydrogens (tertiary/aromatic N) is 6. The van der Waals surface area contributed by atoms with Gasteiger partial charge in [0, 0.05) is 30.4 Å². The molecule has 0 bridgehead atoms. The quantitative estimate of drug-likeness (QED) is 0.796. The van der Waals surface area contributed by atoms with Gasteiger partial charge < -0.3 is 5.11 Å². The van der Waals surface area contributed by atoms with Crippen LogP contribution in [0.2, 0.25) is 0 Å². The lowest BCUT2D eigenvalue weighted by Gasteiger charge is -2.17. The molecule has 0 aliphatic heterocycles. The monoisotopic (exact) mass is 362 g/mol. The molecule has 0 radical (unpaired) electrons. The first-order valence-electron chi connectivity index (χ1n) is 8.75. The molecule has 1 N–H and O–H groups in total. The average molecular weight is 362 g/mol. The van der Waals surface area contributed by atoms with E-state index in [2.05, 4.69) is 15.3 Å². The summed E-state index contributed by atoms with van der Waals surface area (Å²) in [7, 11) is 0. The number of rotatable bonds is 6. The lowest BCUT2D eigenvalue weighted by molar-refractivity contribution is 0.365. The lowest BCUT2D eigenvalue weighted by Crippen LogP contribution is -2.41. The van der Waals surface area contributed by atoms with Crippen molar-refractivity contribution in [3.05, 3.63) is 32.6 Å². The van der Waals surface area contributed by atoms with Gasteiger partial charge in [-0.15, -0.1) is 10.2 Å². The maximum atomic E-state index is 12.6. The van der Waals surface area contributed by atoms with Gasteiger partial charge in [0.15, 0.2) is 5.82 Å². The number of hydrogen-bond donors (Lipinski definition) is 1. The molecular formula is C17H26N6O3. The highest BCUT2D eigenvalue weighted by atomic mass is 16.3. The molecule has 0 saturated carbocycles. The molecule has 2 heterocycles. The fraction of sp³-hybridized carbons (Fsp3) is 0.588. The Morgan fingerprint density at radius 3 is 2.27 bits per heavy atom. The zero-order valence-electron chi connectivity index (χ0n) is 16.1. The van der Waals surface area contributed by atoms with Gasteiger partial charge in [0.1, 0.15) is 0 Å². The van der Waals surface area contributed by atoms with Crippen molar-refractivity contribution in [3.63, 3.8) is 0 Å². The topological polar surface area (TPSA) is 107 Å². The van der Waals surface area contributed by atoms with Crippen molar-refractivity contribution in [2.75, 3.05) is 0 Å². The minimum atomic E-state index is -0.673. The van der Waals surface area contributed by atoms with E-state index in [1.165, 1.54) is 0 Å². The van der Waals surface area contributed by atoms with Crippen molar-refractivity contribution in [3.8, 4) is 5.88 Å². The van der Waals surface area contributed by atoms with Gasteiger partial charge in [0.2, 0.25) is 11.6 Å². The van der Waals surface area contributed by atoms with Gasteiger partial charge in [-0.2, -0.15) is 5.10 Å². The van der Waals surface area contributed by atoms with Gasteiger partial charge in [-0.1, -0.05) is 6.92 Å². The average Bonchev–Trinajstić information content (AvgIpc) is 2.86. The van der Waals surface area contributed by atoms with Crippen LogP contribution in [0.15, 0.2) is 25.9 Å². The zero-order chi connectivity index (χ0) is 19.6.